The minimum Gasteiger partial charge on any atom is -0.492 e. The molecular formula is C13H14ClNO2. The largest absolute Gasteiger partial charge is 0.492 e. The first-order chi connectivity index (χ1) is 8.24. The van der Waals surface area contributed by atoms with Crippen molar-refractivity contribution in [3.63, 3.8) is 0 Å². The van der Waals surface area contributed by atoms with Crippen molar-refractivity contribution in [2.24, 2.45) is 5.73 Å². The van der Waals surface area contributed by atoms with Crippen LogP contribution in [-0.2, 0) is 6.42 Å². The third-order valence-corrected chi connectivity index (χ3v) is 2.54. The van der Waals surface area contributed by atoms with Gasteiger partial charge in [0, 0.05) is 17.5 Å². The summed E-state index contributed by atoms with van der Waals surface area (Å²) in [5.74, 6) is 1.60. The lowest BCUT2D eigenvalue weighted by Gasteiger charge is -2.12. The van der Waals surface area contributed by atoms with Gasteiger partial charge in [0.25, 0.3) is 0 Å². The Bertz CT molecular complexity index is 456. The Hall–Kier alpha value is -1.45. The van der Waals surface area contributed by atoms with Crippen molar-refractivity contribution in [2.75, 3.05) is 6.61 Å². The lowest BCUT2D eigenvalue weighted by molar-refractivity contribution is 0.282. The molecule has 0 radical (unpaired) electrons. The number of halogens is 1. The molecule has 1 unspecified atom stereocenters. The van der Waals surface area contributed by atoms with Crippen LogP contribution in [0.3, 0.4) is 0 Å². The summed E-state index contributed by atoms with van der Waals surface area (Å²) in [7, 11) is 0. The second-order valence-electron chi connectivity index (χ2n) is 3.81. The predicted octanol–water partition coefficient (Wildman–Crippen LogP) is 2.88. The average Bonchev–Trinajstić information content (AvgIpc) is 2.79. The van der Waals surface area contributed by atoms with Crippen LogP contribution in [0.2, 0.25) is 5.02 Å². The molecule has 2 N–H and O–H groups in total. The van der Waals surface area contributed by atoms with Crippen molar-refractivity contribution in [3.05, 3.63) is 53.4 Å². The zero-order valence-electron chi connectivity index (χ0n) is 9.30. The molecule has 0 bridgehead atoms. The Labute approximate surface area is 105 Å². The molecule has 0 saturated heterocycles. The van der Waals surface area contributed by atoms with Crippen LogP contribution in [0, 0.1) is 0 Å². The van der Waals surface area contributed by atoms with E-state index in [-0.39, 0.29) is 6.04 Å². The summed E-state index contributed by atoms with van der Waals surface area (Å²) >= 11 is 5.85. The molecule has 0 spiro atoms. The standard InChI is InChI=1S/C13H14ClNO2/c14-10-3-1-4-12(7-10)17-9-11(15)8-13-5-2-6-16-13/h1-7,11H,8-9,15H2. The highest BCUT2D eigenvalue weighted by Gasteiger charge is 2.07. The molecule has 0 aliphatic rings. The second kappa shape index (κ2) is 5.75. The first kappa shape index (κ1) is 12.0. The van der Waals surface area contributed by atoms with Crippen LogP contribution < -0.4 is 10.5 Å². The van der Waals surface area contributed by atoms with E-state index >= 15 is 0 Å². The smallest absolute Gasteiger partial charge is 0.120 e. The lowest BCUT2D eigenvalue weighted by Crippen LogP contribution is -2.29. The van der Waals surface area contributed by atoms with Crippen LogP contribution in [0.25, 0.3) is 0 Å². The summed E-state index contributed by atoms with van der Waals surface area (Å²) in [6.07, 6.45) is 2.30. The van der Waals surface area contributed by atoms with E-state index in [9.17, 15) is 0 Å². The summed E-state index contributed by atoms with van der Waals surface area (Å²) in [6, 6.07) is 10.9. The fraction of sp³-hybridized carbons (Fsp3) is 0.231. The van der Waals surface area contributed by atoms with Crippen molar-refractivity contribution in [3.8, 4) is 5.75 Å². The Balaban J connectivity index is 1.82. The van der Waals surface area contributed by atoms with Crippen LogP contribution in [-0.4, -0.2) is 12.6 Å². The fourth-order valence-corrected chi connectivity index (χ4v) is 1.69. The highest BCUT2D eigenvalue weighted by atomic mass is 35.5. The molecule has 4 heteroatoms. The number of nitrogens with two attached hydrogens (primary N) is 1. The van der Waals surface area contributed by atoms with Crippen molar-refractivity contribution >= 4 is 11.6 Å². The summed E-state index contributed by atoms with van der Waals surface area (Å²) in [5, 5.41) is 0.655. The van der Waals surface area contributed by atoms with Gasteiger partial charge in [-0.3, -0.25) is 0 Å². The number of rotatable bonds is 5. The monoisotopic (exact) mass is 251 g/mol. The van der Waals surface area contributed by atoms with Crippen molar-refractivity contribution in [1.82, 2.24) is 0 Å². The van der Waals surface area contributed by atoms with Gasteiger partial charge in [0.2, 0.25) is 0 Å². The molecular weight excluding hydrogens is 238 g/mol. The zero-order valence-corrected chi connectivity index (χ0v) is 10.1. The summed E-state index contributed by atoms with van der Waals surface area (Å²) in [6.45, 7) is 0.432. The third kappa shape index (κ3) is 3.80. The maximum Gasteiger partial charge on any atom is 0.120 e. The molecule has 2 aromatic rings. The average molecular weight is 252 g/mol. The molecule has 1 aromatic heterocycles. The molecule has 3 nitrogen and oxygen atoms in total. The van der Waals surface area contributed by atoms with Gasteiger partial charge in [-0.25, -0.2) is 0 Å². The topological polar surface area (TPSA) is 48.4 Å². The van der Waals surface area contributed by atoms with E-state index in [2.05, 4.69) is 0 Å². The van der Waals surface area contributed by atoms with Crippen molar-refractivity contribution < 1.29 is 9.15 Å². The van der Waals surface area contributed by atoms with E-state index in [0.717, 1.165) is 11.5 Å². The molecule has 2 rings (SSSR count). The molecule has 1 atom stereocenters. The van der Waals surface area contributed by atoms with Crippen LogP contribution >= 0.6 is 11.6 Å². The van der Waals surface area contributed by atoms with Crippen LogP contribution in [0.4, 0.5) is 0 Å². The first-order valence-corrected chi connectivity index (χ1v) is 5.78. The van der Waals surface area contributed by atoms with Crippen molar-refractivity contribution in [2.45, 2.75) is 12.5 Å². The first-order valence-electron chi connectivity index (χ1n) is 5.40. The van der Waals surface area contributed by atoms with Gasteiger partial charge in [0.05, 0.1) is 6.26 Å². The van der Waals surface area contributed by atoms with Gasteiger partial charge in [-0.15, -0.1) is 0 Å². The van der Waals surface area contributed by atoms with Crippen molar-refractivity contribution in [1.29, 1.82) is 0 Å². The predicted molar refractivity (Wildman–Crippen MR) is 67.3 cm³/mol. The molecule has 17 heavy (non-hydrogen) atoms. The van der Waals surface area contributed by atoms with E-state index in [4.69, 9.17) is 26.5 Å². The van der Waals surface area contributed by atoms with Gasteiger partial charge in [0.1, 0.15) is 18.1 Å². The number of benzene rings is 1. The molecule has 0 aliphatic heterocycles. The molecule has 90 valence electrons. The third-order valence-electron chi connectivity index (χ3n) is 2.30. The number of hydrogen-bond acceptors (Lipinski definition) is 3. The zero-order chi connectivity index (χ0) is 12.1. The van der Waals surface area contributed by atoms with E-state index in [0.29, 0.717) is 18.1 Å². The Morgan fingerprint density at radius 3 is 2.88 bits per heavy atom. The minimum atomic E-state index is -0.0971. The normalized spacial score (nSPS) is 12.4. The van der Waals surface area contributed by atoms with Gasteiger partial charge in [-0.1, -0.05) is 17.7 Å². The molecule has 0 aliphatic carbocycles. The summed E-state index contributed by atoms with van der Waals surface area (Å²) in [5.41, 5.74) is 5.93. The van der Waals surface area contributed by atoms with Gasteiger partial charge >= 0.3 is 0 Å². The molecule has 1 aromatic carbocycles. The van der Waals surface area contributed by atoms with Crippen LogP contribution in [0.1, 0.15) is 5.76 Å². The van der Waals surface area contributed by atoms with E-state index < -0.39 is 0 Å². The van der Waals surface area contributed by atoms with E-state index in [1.807, 2.05) is 24.3 Å². The van der Waals surface area contributed by atoms with Gasteiger partial charge < -0.3 is 14.9 Å². The highest BCUT2D eigenvalue weighted by Crippen LogP contribution is 2.17. The SMILES string of the molecule is NC(COc1cccc(Cl)c1)Cc1ccco1. The Kier molecular flexibility index (Phi) is 4.07. The quantitative estimate of drug-likeness (QED) is 0.889. The number of hydrogen-bond donors (Lipinski definition) is 1. The minimum absolute atomic E-state index is 0.0971. The molecule has 0 saturated carbocycles. The molecule has 0 amide bonds. The van der Waals surface area contributed by atoms with E-state index in [1.165, 1.54) is 0 Å². The highest BCUT2D eigenvalue weighted by molar-refractivity contribution is 6.30. The summed E-state index contributed by atoms with van der Waals surface area (Å²) in [4.78, 5) is 0. The Morgan fingerprint density at radius 2 is 2.18 bits per heavy atom. The Morgan fingerprint density at radius 1 is 1.29 bits per heavy atom. The van der Waals surface area contributed by atoms with Crippen LogP contribution in [0.15, 0.2) is 47.1 Å². The maximum atomic E-state index is 5.93. The number of ether oxygens (including phenoxy) is 1. The number of furan rings is 1. The van der Waals surface area contributed by atoms with E-state index in [1.54, 1.807) is 18.4 Å². The van der Waals surface area contributed by atoms with Gasteiger partial charge in [0.15, 0.2) is 0 Å². The lowest BCUT2D eigenvalue weighted by atomic mass is 10.2. The van der Waals surface area contributed by atoms with Crippen LogP contribution in [0.5, 0.6) is 5.75 Å². The molecule has 0 fully saturated rings. The molecule has 1 heterocycles. The second-order valence-corrected chi connectivity index (χ2v) is 4.25. The van der Waals surface area contributed by atoms with Gasteiger partial charge in [-0.05, 0) is 30.3 Å². The fourth-order valence-electron chi connectivity index (χ4n) is 1.51. The maximum absolute atomic E-state index is 5.93. The summed E-state index contributed by atoms with van der Waals surface area (Å²) < 4.78 is 10.8. The van der Waals surface area contributed by atoms with Gasteiger partial charge in [-0.2, -0.15) is 0 Å².